The second kappa shape index (κ2) is 4.06. The van der Waals surface area contributed by atoms with Crippen LogP contribution in [0.4, 0.5) is 5.82 Å². The number of nitrogens with zero attached hydrogens (tertiary/aromatic N) is 2. The molecule has 0 unspecified atom stereocenters. The Morgan fingerprint density at radius 3 is 2.76 bits per heavy atom. The standard InChI is InChI=1S/C14H19N3/c1-10-7-8-12-13(15)16-14(17(12)9-10)11-5-3-2-4-6-11/h7-9,11H,2-6,15H2,1H3. The van der Waals surface area contributed by atoms with Crippen molar-refractivity contribution in [1.82, 2.24) is 9.38 Å². The maximum Gasteiger partial charge on any atom is 0.149 e. The predicted molar refractivity (Wildman–Crippen MR) is 70.2 cm³/mol. The highest BCUT2D eigenvalue weighted by atomic mass is 15.1. The lowest BCUT2D eigenvalue weighted by atomic mass is 9.89. The summed E-state index contributed by atoms with van der Waals surface area (Å²) >= 11 is 0. The largest absolute Gasteiger partial charge is 0.382 e. The van der Waals surface area contributed by atoms with E-state index >= 15 is 0 Å². The van der Waals surface area contributed by atoms with Crippen LogP contribution in [0.5, 0.6) is 0 Å². The van der Waals surface area contributed by atoms with Crippen molar-refractivity contribution < 1.29 is 0 Å². The van der Waals surface area contributed by atoms with E-state index < -0.39 is 0 Å². The third-order valence-electron chi connectivity index (χ3n) is 3.81. The molecule has 0 saturated heterocycles. The van der Waals surface area contributed by atoms with Crippen LogP contribution in [0.2, 0.25) is 0 Å². The Labute approximate surface area is 102 Å². The lowest BCUT2D eigenvalue weighted by molar-refractivity contribution is 0.428. The number of rotatable bonds is 1. The van der Waals surface area contributed by atoms with Gasteiger partial charge in [0.1, 0.15) is 11.6 Å². The summed E-state index contributed by atoms with van der Waals surface area (Å²) in [5, 5.41) is 0. The summed E-state index contributed by atoms with van der Waals surface area (Å²) in [4.78, 5) is 4.60. The summed E-state index contributed by atoms with van der Waals surface area (Å²) in [5.74, 6) is 2.43. The first kappa shape index (κ1) is 10.6. The maximum absolute atomic E-state index is 6.00. The van der Waals surface area contributed by atoms with Gasteiger partial charge in [-0.25, -0.2) is 4.98 Å². The SMILES string of the molecule is Cc1ccc2c(N)nc(C3CCCCC3)n2c1. The first-order valence-corrected chi connectivity index (χ1v) is 6.50. The van der Waals surface area contributed by atoms with Crippen molar-refractivity contribution >= 4 is 11.3 Å². The normalized spacial score (nSPS) is 17.7. The molecule has 3 nitrogen and oxygen atoms in total. The number of hydrogen-bond donors (Lipinski definition) is 1. The van der Waals surface area contributed by atoms with E-state index in [0.717, 1.165) is 5.52 Å². The smallest absolute Gasteiger partial charge is 0.149 e. The molecular formula is C14H19N3. The number of nitrogen functional groups attached to an aromatic ring is 1. The van der Waals surface area contributed by atoms with Crippen molar-refractivity contribution in [2.75, 3.05) is 5.73 Å². The molecule has 90 valence electrons. The Kier molecular flexibility index (Phi) is 2.54. The third kappa shape index (κ3) is 1.79. The number of nitrogens with two attached hydrogens (primary N) is 1. The van der Waals surface area contributed by atoms with Gasteiger partial charge in [-0.3, -0.25) is 0 Å². The number of anilines is 1. The minimum absolute atomic E-state index is 0.593. The fourth-order valence-corrected chi connectivity index (χ4v) is 2.89. The van der Waals surface area contributed by atoms with E-state index in [1.54, 1.807) is 0 Å². The summed E-state index contributed by atoms with van der Waals surface area (Å²) in [6.07, 6.45) is 8.69. The van der Waals surface area contributed by atoms with Gasteiger partial charge in [0.05, 0.1) is 5.52 Å². The molecule has 1 aliphatic rings. The Morgan fingerprint density at radius 2 is 2.00 bits per heavy atom. The van der Waals surface area contributed by atoms with Gasteiger partial charge in [-0.15, -0.1) is 0 Å². The van der Waals surface area contributed by atoms with E-state index in [1.165, 1.54) is 43.5 Å². The molecule has 0 atom stereocenters. The Morgan fingerprint density at radius 1 is 1.24 bits per heavy atom. The number of imidazole rings is 1. The first-order chi connectivity index (χ1) is 8.25. The van der Waals surface area contributed by atoms with Gasteiger partial charge in [0.25, 0.3) is 0 Å². The average molecular weight is 229 g/mol. The van der Waals surface area contributed by atoms with Crippen molar-refractivity contribution in [1.29, 1.82) is 0 Å². The molecule has 0 aliphatic heterocycles. The summed E-state index contributed by atoms with van der Waals surface area (Å²) in [5.41, 5.74) is 8.31. The number of aromatic nitrogens is 2. The van der Waals surface area contributed by atoms with Gasteiger partial charge in [-0.1, -0.05) is 25.3 Å². The van der Waals surface area contributed by atoms with Gasteiger partial charge in [-0.05, 0) is 31.4 Å². The molecule has 2 aromatic heterocycles. The van der Waals surface area contributed by atoms with E-state index in [9.17, 15) is 0 Å². The number of pyridine rings is 1. The molecule has 3 heteroatoms. The lowest BCUT2D eigenvalue weighted by Gasteiger charge is -2.20. The van der Waals surface area contributed by atoms with Gasteiger partial charge >= 0.3 is 0 Å². The van der Waals surface area contributed by atoms with E-state index in [-0.39, 0.29) is 0 Å². The van der Waals surface area contributed by atoms with Gasteiger partial charge in [0.15, 0.2) is 0 Å². The summed E-state index contributed by atoms with van der Waals surface area (Å²) in [6.45, 7) is 2.11. The second-order valence-corrected chi connectivity index (χ2v) is 5.15. The van der Waals surface area contributed by atoms with E-state index in [4.69, 9.17) is 5.73 Å². The summed E-state index contributed by atoms with van der Waals surface area (Å²) in [6, 6.07) is 4.17. The second-order valence-electron chi connectivity index (χ2n) is 5.15. The average Bonchev–Trinajstić information content (AvgIpc) is 2.67. The minimum atomic E-state index is 0.593. The minimum Gasteiger partial charge on any atom is -0.382 e. The monoisotopic (exact) mass is 229 g/mol. The van der Waals surface area contributed by atoms with Crippen LogP contribution in [0, 0.1) is 6.92 Å². The van der Waals surface area contributed by atoms with Crippen molar-refractivity contribution in [3.8, 4) is 0 Å². The molecule has 0 aromatic carbocycles. The highest BCUT2D eigenvalue weighted by Crippen LogP contribution is 2.33. The van der Waals surface area contributed by atoms with Gasteiger partial charge in [0, 0.05) is 12.1 Å². The van der Waals surface area contributed by atoms with E-state index in [2.05, 4.69) is 34.6 Å². The molecule has 0 radical (unpaired) electrons. The molecule has 0 bridgehead atoms. The van der Waals surface area contributed by atoms with Crippen LogP contribution in [-0.4, -0.2) is 9.38 Å². The summed E-state index contributed by atoms with van der Waals surface area (Å²) in [7, 11) is 0. The molecule has 2 N–H and O–H groups in total. The molecule has 2 heterocycles. The number of hydrogen-bond acceptors (Lipinski definition) is 2. The van der Waals surface area contributed by atoms with E-state index in [1.807, 2.05) is 0 Å². The third-order valence-corrected chi connectivity index (χ3v) is 3.81. The van der Waals surface area contributed by atoms with Crippen molar-refractivity contribution in [3.63, 3.8) is 0 Å². The zero-order valence-corrected chi connectivity index (χ0v) is 10.3. The molecule has 1 aliphatic carbocycles. The van der Waals surface area contributed by atoms with Gasteiger partial charge < -0.3 is 10.1 Å². The molecule has 3 rings (SSSR count). The molecule has 17 heavy (non-hydrogen) atoms. The Balaban J connectivity index is 2.11. The quantitative estimate of drug-likeness (QED) is 0.815. The van der Waals surface area contributed by atoms with Crippen LogP contribution in [0.25, 0.3) is 5.52 Å². The van der Waals surface area contributed by atoms with Crippen molar-refractivity contribution in [2.24, 2.45) is 0 Å². The zero-order chi connectivity index (χ0) is 11.8. The number of aryl methyl sites for hydroxylation is 1. The fraction of sp³-hybridized carbons (Fsp3) is 0.500. The van der Waals surface area contributed by atoms with Crippen LogP contribution < -0.4 is 5.73 Å². The topological polar surface area (TPSA) is 43.3 Å². The van der Waals surface area contributed by atoms with Gasteiger partial charge in [-0.2, -0.15) is 0 Å². The van der Waals surface area contributed by atoms with Crippen LogP contribution in [0.15, 0.2) is 18.3 Å². The maximum atomic E-state index is 6.00. The highest BCUT2D eigenvalue weighted by Gasteiger charge is 2.21. The molecular weight excluding hydrogens is 210 g/mol. The Bertz CT molecular complexity index is 536. The molecule has 2 aromatic rings. The van der Waals surface area contributed by atoms with Crippen molar-refractivity contribution in [3.05, 3.63) is 29.7 Å². The molecule has 0 spiro atoms. The summed E-state index contributed by atoms with van der Waals surface area (Å²) < 4.78 is 2.20. The molecule has 1 fully saturated rings. The van der Waals surface area contributed by atoms with Crippen LogP contribution in [0.1, 0.15) is 49.4 Å². The van der Waals surface area contributed by atoms with Crippen LogP contribution in [0.3, 0.4) is 0 Å². The Hall–Kier alpha value is -1.51. The number of fused-ring (bicyclic) bond motifs is 1. The van der Waals surface area contributed by atoms with Gasteiger partial charge in [0.2, 0.25) is 0 Å². The lowest BCUT2D eigenvalue weighted by Crippen LogP contribution is -2.08. The van der Waals surface area contributed by atoms with Crippen molar-refractivity contribution in [2.45, 2.75) is 44.9 Å². The highest BCUT2D eigenvalue weighted by molar-refractivity contribution is 5.67. The van der Waals surface area contributed by atoms with Crippen LogP contribution in [-0.2, 0) is 0 Å². The van der Waals surface area contributed by atoms with Crippen LogP contribution >= 0.6 is 0 Å². The fourth-order valence-electron chi connectivity index (χ4n) is 2.89. The molecule has 1 saturated carbocycles. The predicted octanol–water partition coefficient (Wildman–Crippen LogP) is 3.27. The zero-order valence-electron chi connectivity index (χ0n) is 10.3. The first-order valence-electron chi connectivity index (χ1n) is 6.50. The molecule has 0 amide bonds. The van der Waals surface area contributed by atoms with E-state index in [0.29, 0.717) is 11.7 Å².